The van der Waals surface area contributed by atoms with E-state index < -0.39 is 0 Å². The molecule has 0 atom stereocenters. The molecule has 1 aromatic heterocycles. The van der Waals surface area contributed by atoms with Gasteiger partial charge >= 0.3 is 0 Å². The van der Waals surface area contributed by atoms with Crippen molar-refractivity contribution in [2.45, 2.75) is 0 Å². The summed E-state index contributed by atoms with van der Waals surface area (Å²) in [5.41, 5.74) is 2.94. The van der Waals surface area contributed by atoms with Crippen LogP contribution in [0.1, 0.15) is 10.4 Å². The fourth-order valence-corrected chi connectivity index (χ4v) is 2.47. The molecular formula is C17H12N4O3. The van der Waals surface area contributed by atoms with Crippen LogP contribution in [0.5, 0.6) is 5.75 Å². The van der Waals surface area contributed by atoms with E-state index in [1.54, 1.807) is 48.8 Å². The number of aromatic nitrogens is 2. The number of hydrogen-bond acceptors (Lipinski definition) is 5. The second kappa shape index (κ2) is 5.62. The summed E-state index contributed by atoms with van der Waals surface area (Å²) >= 11 is 0. The Morgan fingerprint density at radius 1 is 1.08 bits per heavy atom. The molecule has 0 bridgehead atoms. The fraction of sp³-hybridized carbons (Fsp3) is 0.0588. The number of carbonyl (C=O) groups excluding carboxylic acids is 2. The van der Waals surface area contributed by atoms with Crippen molar-refractivity contribution >= 4 is 34.2 Å². The molecule has 2 aromatic carbocycles. The molecule has 0 radical (unpaired) electrons. The number of nitrogens with zero attached hydrogens (tertiary/aromatic N) is 2. The van der Waals surface area contributed by atoms with Gasteiger partial charge in [-0.1, -0.05) is 0 Å². The van der Waals surface area contributed by atoms with Crippen molar-refractivity contribution in [1.29, 1.82) is 0 Å². The number of benzene rings is 2. The zero-order chi connectivity index (χ0) is 16.5. The van der Waals surface area contributed by atoms with Gasteiger partial charge in [0.2, 0.25) is 0 Å². The molecule has 2 N–H and O–H groups in total. The zero-order valence-electron chi connectivity index (χ0n) is 12.4. The minimum absolute atomic E-state index is 0.00314. The average molecular weight is 320 g/mol. The predicted molar refractivity (Wildman–Crippen MR) is 88.1 cm³/mol. The van der Waals surface area contributed by atoms with Crippen LogP contribution in [-0.4, -0.2) is 28.4 Å². The topological polar surface area (TPSA) is 93.2 Å². The van der Waals surface area contributed by atoms with Gasteiger partial charge in [-0.3, -0.25) is 19.6 Å². The summed E-state index contributed by atoms with van der Waals surface area (Å²) in [5, 5.41) is 5.50. The smallest absolute Gasteiger partial charge is 0.262 e. The predicted octanol–water partition coefficient (Wildman–Crippen LogP) is 2.21. The standard InChI is InChI=1S/C17H12N4O3/c22-16-9-24-15-4-2-11(8-14(15)21-16)20-17(23)10-1-3-12-13(7-10)19-6-5-18-12/h1-8H,9H2,(H,20,23)(H,21,22). The largest absolute Gasteiger partial charge is 0.482 e. The number of anilines is 2. The maximum Gasteiger partial charge on any atom is 0.262 e. The van der Waals surface area contributed by atoms with Crippen LogP contribution in [0.15, 0.2) is 48.8 Å². The molecule has 118 valence electrons. The van der Waals surface area contributed by atoms with E-state index in [4.69, 9.17) is 4.74 Å². The third-order valence-electron chi connectivity index (χ3n) is 3.60. The summed E-state index contributed by atoms with van der Waals surface area (Å²) < 4.78 is 5.29. The van der Waals surface area contributed by atoms with E-state index in [-0.39, 0.29) is 18.4 Å². The molecule has 2 heterocycles. The molecular weight excluding hydrogens is 308 g/mol. The molecule has 24 heavy (non-hydrogen) atoms. The number of hydrogen-bond donors (Lipinski definition) is 2. The van der Waals surface area contributed by atoms with Gasteiger partial charge in [0.15, 0.2) is 6.61 Å². The van der Waals surface area contributed by atoms with Gasteiger partial charge in [-0.05, 0) is 36.4 Å². The van der Waals surface area contributed by atoms with Crippen molar-refractivity contribution in [2.24, 2.45) is 0 Å². The average Bonchev–Trinajstić information content (AvgIpc) is 2.61. The van der Waals surface area contributed by atoms with Gasteiger partial charge in [0.05, 0.1) is 16.7 Å². The monoisotopic (exact) mass is 320 g/mol. The van der Waals surface area contributed by atoms with E-state index in [0.29, 0.717) is 28.2 Å². The molecule has 1 aliphatic rings. The normalized spacial score (nSPS) is 12.9. The lowest BCUT2D eigenvalue weighted by molar-refractivity contribution is -0.118. The van der Waals surface area contributed by atoms with Gasteiger partial charge in [-0.15, -0.1) is 0 Å². The molecule has 0 unspecified atom stereocenters. The Morgan fingerprint density at radius 3 is 2.79 bits per heavy atom. The Morgan fingerprint density at radius 2 is 1.92 bits per heavy atom. The van der Waals surface area contributed by atoms with E-state index in [1.165, 1.54) is 0 Å². The summed E-state index contributed by atoms with van der Waals surface area (Å²) in [6, 6.07) is 10.2. The van der Waals surface area contributed by atoms with Crippen LogP contribution >= 0.6 is 0 Å². The molecule has 0 fully saturated rings. The Kier molecular flexibility index (Phi) is 3.31. The van der Waals surface area contributed by atoms with Crippen LogP contribution in [0.25, 0.3) is 11.0 Å². The fourth-order valence-electron chi connectivity index (χ4n) is 2.47. The molecule has 7 nitrogen and oxygen atoms in total. The van der Waals surface area contributed by atoms with Crippen LogP contribution in [0.3, 0.4) is 0 Å². The molecule has 3 aromatic rings. The maximum atomic E-state index is 12.4. The molecule has 1 aliphatic heterocycles. The lowest BCUT2D eigenvalue weighted by Gasteiger charge is -2.18. The molecule has 0 saturated heterocycles. The van der Waals surface area contributed by atoms with E-state index in [2.05, 4.69) is 20.6 Å². The summed E-state index contributed by atoms with van der Waals surface area (Å²) in [7, 11) is 0. The third kappa shape index (κ3) is 2.63. The van der Waals surface area contributed by atoms with Crippen LogP contribution in [-0.2, 0) is 4.79 Å². The van der Waals surface area contributed by atoms with Gasteiger partial charge in [-0.25, -0.2) is 0 Å². The van der Waals surface area contributed by atoms with E-state index in [1.807, 2.05) is 0 Å². The van der Waals surface area contributed by atoms with Crippen LogP contribution in [0.4, 0.5) is 11.4 Å². The maximum absolute atomic E-state index is 12.4. The summed E-state index contributed by atoms with van der Waals surface area (Å²) in [5.74, 6) is 0.0817. The van der Waals surface area contributed by atoms with Crippen molar-refractivity contribution in [3.05, 3.63) is 54.4 Å². The number of amides is 2. The van der Waals surface area contributed by atoms with Crippen LogP contribution in [0, 0.1) is 0 Å². The number of nitrogens with one attached hydrogen (secondary N) is 2. The van der Waals surface area contributed by atoms with E-state index in [0.717, 1.165) is 5.52 Å². The Balaban J connectivity index is 1.59. The summed E-state index contributed by atoms with van der Waals surface area (Å²) in [6.07, 6.45) is 3.18. The third-order valence-corrected chi connectivity index (χ3v) is 3.60. The minimum Gasteiger partial charge on any atom is -0.482 e. The van der Waals surface area contributed by atoms with Crippen LogP contribution in [0.2, 0.25) is 0 Å². The molecule has 2 amide bonds. The molecule has 0 spiro atoms. The second-order valence-corrected chi connectivity index (χ2v) is 5.26. The molecule has 0 saturated carbocycles. The minimum atomic E-state index is -0.273. The number of carbonyl (C=O) groups is 2. The van der Waals surface area contributed by atoms with Crippen molar-refractivity contribution in [3.63, 3.8) is 0 Å². The highest BCUT2D eigenvalue weighted by Crippen LogP contribution is 2.30. The number of ether oxygens (including phenoxy) is 1. The zero-order valence-corrected chi connectivity index (χ0v) is 12.4. The lowest BCUT2D eigenvalue weighted by atomic mass is 10.1. The van der Waals surface area contributed by atoms with Gasteiger partial charge < -0.3 is 15.4 Å². The molecule has 7 heteroatoms. The second-order valence-electron chi connectivity index (χ2n) is 5.26. The van der Waals surface area contributed by atoms with Gasteiger partial charge in [-0.2, -0.15) is 0 Å². The molecule has 0 aliphatic carbocycles. The molecule has 4 rings (SSSR count). The SMILES string of the molecule is O=C1COc2ccc(NC(=O)c3ccc4nccnc4c3)cc2N1. The highest BCUT2D eigenvalue weighted by atomic mass is 16.5. The highest BCUT2D eigenvalue weighted by Gasteiger charge is 2.16. The van der Waals surface area contributed by atoms with Crippen LogP contribution < -0.4 is 15.4 Å². The van der Waals surface area contributed by atoms with Crippen molar-refractivity contribution in [3.8, 4) is 5.75 Å². The summed E-state index contributed by atoms with van der Waals surface area (Å²) in [6.45, 7) is -0.00314. The lowest BCUT2D eigenvalue weighted by Crippen LogP contribution is -2.25. The number of rotatable bonds is 2. The first-order valence-corrected chi connectivity index (χ1v) is 7.28. The number of fused-ring (bicyclic) bond motifs is 2. The highest BCUT2D eigenvalue weighted by molar-refractivity contribution is 6.06. The van der Waals surface area contributed by atoms with Gasteiger partial charge in [0.1, 0.15) is 5.75 Å². The van der Waals surface area contributed by atoms with E-state index in [9.17, 15) is 9.59 Å². The first-order chi connectivity index (χ1) is 11.7. The van der Waals surface area contributed by atoms with Gasteiger partial charge in [0, 0.05) is 23.6 Å². The first kappa shape index (κ1) is 14.1. The quantitative estimate of drug-likeness (QED) is 0.755. The van der Waals surface area contributed by atoms with E-state index >= 15 is 0 Å². The first-order valence-electron chi connectivity index (χ1n) is 7.28. The van der Waals surface area contributed by atoms with Crippen molar-refractivity contribution < 1.29 is 14.3 Å². The Hall–Kier alpha value is -3.48. The Bertz CT molecular complexity index is 971. The Labute approximate surface area is 136 Å². The summed E-state index contributed by atoms with van der Waals surface area (Å²) in [4.78, 5) is 32.1. The van der Waals surface area contributed by atoms with Crippen molar-refractivity contribution in [2.75, 3.05) is 17.2 Å². The van der Waals surface area contributed by atoms with Crippen molar-refractivity contribution in [1.82, 2.24) is 9.97 Å². The van der Waals surface area contributed by atoms with Gasteiger partial charge in [0.25, 0.3) is 11.8 Å².